The molecule has 0 bridgehead atoms. The van der Waals surface area contributed by atoms with Crippen LogP contribution in [0.25, 0.3) is 0 Å². The topological polar surface area (TPSA) is 29.5 Å². The van der Waals surface area contributed by atoms with Gasteiger partial charge in [0.2, 0.25) is 5.91 Å². The largest absolute Gasteiger partial charge is 0.355 e. The van der Waals surface area contributed by atoms with E-state index in [2.05, 4.69) is 27.4 Å². The third-order valence-corrected chi connectivity index (χ3v) is 3.37. The fraction of sp³-hybridized carbons (Fsp3) is 0.750. The van der Waals surface area contributed by atoms with Gasteiger partial charge in [-0.1, -0.05) is 26.8 Å². The number of rotatable bonds is 1. The van der Waals surface area contributed by atoms with E-state index >= 15 is 0 Å². The molecule has 2 atom stereocenters. The second kappa shape index (κ2) is 3.08. The molecule has 0 aromatic carbocycles. The Bertz CT molecular complexity index is 305. The van der Waals surface area contributed by atoms with E-state index in [0.717, 1.165) is 6.42 Å². The number of nitrogens with zero attached hydrogens (tertiary/aromatic N) is 1. The third-order valence-electron chi connectivity index (χ3n) is 3.37. The lowest BCUT2D eigenvalue weighted by Crippen LogP contribution is -2.48. The number of carbonyl (C=O) groups is 1. The molecule has 3 nitrogen and oxygen atoms in total. The molecule has 2 rings (SSSR count). The van der Waals surface area contributed by atoms with Crippen LogP contribution in [0.3, 0.4) is 0 Å². The highest BCUT2D eigenvalue weighted by molar-refractivity contribution is 5.81. The molecule has 2 aliphatic rings. The van der Waals surface area contributed by atoms with Gasteiger partial charge in [0.25, 0.3) is 0 Å². The number of carbonyl (C=O) groups excluding carboxylic acids is 1. The van der Waals surface area contributed by atoms with Gasteiger partial charge < -0.3 is 9.64 Å². The quantitative estimate of drug-likeness (QED) is 0.618. The molecular weight excluding hydrogens is 190 g/mol. The van der Waals surface area contributed by atoms with Crippen LogP contribution < -0.4 is 0 Å². The Hall–Kier alpha value is -0.830. The zero-order valence-corrected chi connectivity index (χ0v) is 9.75. The smallest absolute Gasteiger partial charge is 0.225 e. The van der Waals surface area contributed by atoms with E-state index in [4.69, 9.17) is 4.74 Å². The van der Waals surface area contributed by atoms with Crippen LogP contribution in [-0.4, -0.2) is 29.2 Å². The van der Waals surface area contributed by atoms with Gasteiger partial charge in [0.05, 0.1) is 12.1 Å². The van der Waals surface area contributed by atoms with E-state index in [0.29, 0.717) is 13.0 Å². The lowest BCUT2D eigenvalue weighted by Gasteiger charge is -2.36. The Balaban J connectivity index is 2.34. The zero-order chi connectivity index (χ0) is 11.3. The summed E-state index contributed by atoms with van der Waals surface area (Å²) in [5.41, 5.74) is -0.264. The first-order chi connectivity index (χ1) is 6.91. The van der Waals surface area contributed by atoms with Gasteiger partial charge in [0.15, 0.2) is 0 Å². The Morgan fingerprint density at radius 3 is 2.80 bits per heavy atom. The van der Waals surface area contributed by atoms with Crippen molar-refractivity contribution in [3.63, 3.8) is 0 Å². The van der Waals surface area contributed by atoms with Crippen LogP contribution in [0.15, 0.2) is 12.7 Å². The minimum Gasteiger partial charge on any atom is -0.355 e. The second-order valence-electron chi connectivity index (χ2n) is 5.60. The van der Waals surface area contributed by atoms with Crippen LogP contribution in [0.4, 0.5) is 0 Å². The van der Waals surface area contributed by atoms with Crippen LogP contribution >= 0.6 is 0 Å². The van der Waals surface area contributed by atoms with Crippen molar-refractivity contribution in [2.45, 2.75) is 45.4 Å². The molecule has 2 heterocycles. The van der Waals surface area contributed by atoms with E-state index in [-0.39, 0.29) is 23.1 Å². The molecule has 1 amide bonds. The molecule has 84 valence electrons. The van der Waals surface area contributed by atoms with E-state index in [1.165, 1.54) is 0 Å². The third kappa shape index (κ3) is 1.41. The molecule has 3 heteroatoms. The number of hydrogen-bond acceptors (Lipinski definition) is 2. The van der Waals surface area contributed by atoms with Gasteiger partial charge in [0.1, 0.15) is 6.23 Å². The Morgan fingerprint density at radius 1 is 1.60 bits per heavy atom. The standard InChI is InChI=1S/C12H19NO2/c1-5-12-7-6-9(14)13(12)10(15-8-12)11(2,3)4/h5,10H,1,6-8H2,2-4H3. The first kappa shape index (κ1) is 10.7. The molecule has 2 aliphatic heterocycles. The molecule has 2 unspecified atom stereocenters. The van der Waals surface area contributed by atoms with E-state index in [1.54, 1.807) is 0 Å². The number of fused-ring (bicyclic) bond motifs is 1. The van der Waals surface area contributed by atoms with Crippen molar-refractivity contribution in [2.75, 3.05) is 6.61 Å². The molecule has 0 aromatic rings. The van der Waals surface area contributed by atoms with Gasteiger partial charge in [-0.15, -0.1) is 6.58 Å². The van der Waals surface area contributed by atoms with E-state index in [1.807, 2.05) is 11.0 Å². The molecule has 2 saturated heterocycles. The molecule has 0 N–H and O–H groups in total. The van der Waals surface area contributed by atoms with Gasteiger partial charge in [-0.05, 0) is 6.42 Å². The maximum absolute atomic E-state index is 11.9. The van der Waals surface area contributed by atoms with Gasteiger partial charge in [-0.25, -0.2) is 0 Å². The van der Waals surface area contributed by atoms with Crippen molar-refractivity contribution in [1.29, 1.82) is 0 Å². The fourth-order valence-electron chi connectivity index (χ4n) is 2.51. The van der Waals surface area contributed by atoms with E-state index < -0.39 is 0 Å². The fourth-order valence-corrected chi connectivity index (χ4v) is 2.51. The summed E-state index contributed by atoms with van der Waals surface area (Å²) >= 11 is 0. The Labute approximate surface area is 91.1 Å². The van der Waals surface area contributed by atoms with Gasteiger partial charge in [0, 0.05) is 11.8 Å². The summed E-state index contributed by atoms with van der Waals surface area (Å²) in [7, 11) is 0. The highest BCUT2D eigenvalue weighted by Gasteiger charge is 2.55. The summed E-state index contributed by atoms with van der Waals surface area (Å²) in [6.07, 6.45) is 3.25. The first-order valence-electron chi connectivity index (χ1n) is 5.48. The Kier molecular flexibility index (Phi) is 2.19. The van der Waals surface area contributed by atoms with Crippen LogP contribution in [0.2, 0.25) is 0 Å². The maximum atomic E-state index is 11.9. The van der Waals surface area contributed by atoms with Crippen molar-refractivity contribution in [3.8, 4) is 0 Å². The molecule has 0 aromatic heterocycles. The number of ether oxygens (including phenoxy) is 1. The molecule has 2 fully saturated rings. The minimum atomic E-state index is -0.227. The average molecular weight is 209 g/mol. The first-order valence-corrected chi connectivity index (χ1v) is 5.48. The van der Waals surface area contributed by atoms with Crippen molar-refractivity contribution in [3.05, 3.63) is 12.7 Å². The molecular formula is C12H19NO2. The molecule has 0 spiro atoms. The van der Waals surface area contributed by atoms with Gasteiger partial charge in [-0.3, -0.25) is 4.79 Å². The highest BCUT2D eigenvalue weighted by atomic mass is 16.5. The summed E-state index contributed by atoms with van der Waals surface area (Å²) in [6.45, 7) is 10.8. The molecule has 0 aliphatic carbocycles. The normalized spacial score (nSPS) is 35.8. The predicted molar refractivity (Wildman–Crippen MR) is 58.2 cm³/mol. The maximum Gasteiger partial charge on any atom is 0.225 e. The van der Waals surface area contributed by atoms with Gasteiger partial charge >= 0.3 is 0 Å². The Morgan fingerprint density at radius 2 is 2.27 bits per heavy atom. The predicted octanol–water partition coefficient (Wildman–Crippen LogP) is 1.94. The number of amides is 1. The van der Waals surface area contributed by atoms with Crippen LogP contribution in [0, 0.1) is 5.41 Å². The average Bonchev–Trinajstić information content (AvgIpc) is 2.64. The lowest BCUT2D eigenvalue weighted by atomic mass is 9.91. The highest BCUT2D eigenvalue weighted by Crippen LogP contribution is 2.44. The van der Waals surface area contributed by atoms with Crippen LogP contribution in [0.5, 0.6) is 0 Å². The monoisotopic (exact) mass is 209 g/mol. The molecule has 0 saturated carbocycles. The molecule has 15 heavy (non-hydrogen) atoms. The lowest BCUT2D eigenvalue weighted by molar-refractivity contribution is -0.140. The van der Waals surface area contributed by atoms with Crippen LogP contribution in [-0.2, 0) is 9.53 Å². The van der Waals surface area contributed by atoms with Crippen molar-refractivity contribution < 1.29 is 9.53 Å². The summed E-state index contributed by atoms with van der Waals surface area (Å²) in [4.78, 5) is 13.8. The molecule has 0 radical (unpaired) electrons. The zero-order valence-electron chi connectivity index (χ0n) is 9.75. The van der Waals surface area contributed by atoms with Gasteiger partial charge in [-0.2, -0.15) is 0 Å². The van der Waals surface area contributed by atoms with Crippen LogP contribution in [0.1, 0.15) is 33.6 Å². The van der Waals surface area contributed by atoms with Crippen molar-refractivity contribution >= 4 is 5.91 Å². The number of hydrogen-bond donors (Lipinski definition) is 0. The summed E-state index contributed by atoms with van der Waals surface area (Å²) in [5.74, 6) is 0.201. The summed E-state index contributed by atoms with van der Waals surface area (Å²) in [5, 5.41) is 0. The summed E-state index contributed by atoms with van der Waals surface area (Å²) < 4.78 is 5.78. The summed E-state index contributed by atoms with van der Waals surface area (Å²) in [6, 6.07) is 0. The minimum absolute atomic E-state index is 0.0369. The second-order valence-corrected chi connectivity index (χ2v) is 5.60. The van der Waals surface area contributed by atoms with Crippen molar-refractivity contribution in [2.24, 2.45) is 5.41 Å². The van der Waals surface area contributed by atoms with E-state index in [9.17, 15) is 4.79 Å². The SMILES string of the molecule is C=CC12CCC(=O)N1C(C(C)(C)C)OC2. The van der Waals surface area contributed by atoms with Crippen molar-refractivity contribution in [1.82, 2.24) is 4.90 Å².